The lowest BCUT2D eigenvalue weighted by Gasteiger charge is -2.44. The van der Waals surface area contributed by atoms with Gasteiger partial charge in [-0.05, 0) is 0 Å². The molecule has 0 spiro atoms. The quantitative estimate of drug-likeness (QED) is 0.286. The molecule has 0 saturated carbocycles. The maximum absolute atomic E-state index is 11.4. The van der Waals surface area contributed by atoms with Crippen LogP contribution < -0.4 is 0 Å². The van der Waals surface area contributed by atoms with Crippen molar-refractivity contribution in [2.75, 3.05) is 51.5 Å². The molecule has 0 aliphatic heterocycles. The van der Waals surface area contributed by atoms with Gasteiger partial charge in [0.15, 0.2) is 0 Å². The molecule has 0 atom stereocenters. The van der Waals surface area contributed by atoms with Crippen LogP contribution in [0.15, 0.2) is 0 Å². The lowest BCUT2D eigenvalue weighted by molar-refractivity contribution is -0.0653. The van der Waals surface area contributed by atoms with E-state index in [0.29, 0.717) is 0 Å². The molecule has 0 aromatic heterocycles. The molecule has 0 radical (unpaired) electrons. The second-order valence-corrected chi connectivity index (χ2v) is 13.6. The molecular formula is C12H26O12S4. The van der Waals surface area contributed by atoms with E-state index in [1.165, 1.54) is 13.8 Å². The summed E-state index contributed by atoms with van der Waals surface area (Å²) in [6.07, 6.45) is 3.01. The van der Waals surface area contributed by atoms with Crippen LogP contribution in [-0.4, -0.2) is 85.1 Å². The van der Waals surface area contributed by atoms with E-state index in [0.717, 1.165) is 25.0 Å². The van der Waals surface area contributed by atoms with E-state index in [1.54, 1.807) is 0 Å². The second-order valence-electron chi connectivity index (χ2n) is 6.99. The largest absolute Gasteiger partial charge is 0.270 e. The molecule has 0 aliphatic carbocycles. The van der Waals surface area contributed by atoms with Crippen molar-refractivity contribution in [1.29, 1.82) is 0 Å². The van der Waals surface area contributed by atoms with Gasteiger partial charge in [-0.15, -0.1) is 0 Å². The lowest BCUT2D eigenvalue weighted by atomic mass is 9.67. The minimum atomic E-state index is -3.98. The minimum Gasteiger partial charge on any atom is -0.270 e. The van der Waals surface area contributed by atoms with Crippen LogP contribution in [0.5, 0.6) is 0 Å². The first kappa shape index (κ1) is 27.6. The highest BCUT2D eigenvalue weighted by atomic mass is 32.2. The first-order valence-corrected chi connectivity index (χ1v) is 14.7. The predicted octanol–water partition coefficient (Wildman–Crippen LogP) is -1.10. The van der Waals surface area contributed by atoms with E-state index in [9.17, 15) is 33.7 Å². The van der Waals surface area contributed by atoms with Gasteiger partial charge in [0.25, 0.3) is 40.5 Å². The SMILES string of the molecule is CC(COS(C)(=O)=O)(COS(C)(=O)=O)C(C)(COS(C)(=O)=O)COS(C)(=O)=O. The monoisotopic (exact) mass is 490 g/mol. The Morgan fingerprint density at radius 1 is 0.464 bits per heavy atom. The van der Waals surface area contributed by atoms with Gasteiger partial charge in [-0.3, -0.25) is 16.7 Å². The summed E-state index contributed by atoms with van der Waals surface area (Å²) in [6.45, 7) is -0.0341. The molecule has 16 heteroatoms. The predicted molar refractivity (Wildman–Crippen MR) is 99.4 cm³/mol. The first-order chi connectivity index (χ1) is 12.1. The molecule has 170 valence electrons. The molecule has 0 amide bonds. The third kappa shape index (κ3) is 11.6. The highest BCUT2D eigenvalue weighted by molar-refractivity contribution is 7.86. The van der Waals surface area contributed by atoms with E-state index >= 15 is 0 Å². The number of rotatable bonds is 13. The minimum absolute atomic E-state index is 0.669. The molecule has 28 heavy (non-hydrogen) atoms. The Balaban J connectivity index is 6.12. The van der Waals surface area contributed by atoms with Gasteiger partial charge < -0.3 is 0 Å². The third-order valence-electron chi connectivity index (χ3n) is 3.82. The summed E-state index contributed by atoms with van der Waals surface area (Å²) in [5, 5.41) is 0. The topological polar surface area (TPSA) is 173 Å². The summed E-state index contributed by atoms with van der Waals surface area (Å²) < 4.78 is 110. The van der Waals surface area contributed by atoms with Crippen molar-refractivity contribution in [3.05, 3.63) is 0 Å². The van der Waals surface area contributed by atoms with Crippen molar-refractivity contribution in [3.63, 3.8) is 0 Å². The zero-order valence-electron chi connectivity index (χ0n) is 16.4. The Hall–Kier alpha value is -0.360. The maximum Gasteiger partial charge on any atom is 0.264 e. The molecule has 12 nitrogen and oxygen atoms in total. The normalized spacial score (nSPS) is 14.9. The first-order valence-electron chi connectivity index (χ1n) is 7.45. The Kier molecular flexibility index (Phi) is 9.08. The molecule has 0 fully saturated rings. The Morgan fingerprint density at radius 2 is 0.607 bits per heavy atom. The van der Waals surface area contributed by atoms with Crippen molar-refractivity contribution in [3.8, 4) is 0 Å². The van der Waals surface area contributed by atoms with Crippen LogP contribution >= 0.6 is 0 Å². The smallest absolute Gasteiger partial charge is 0.264 e. The van der Waals surface area contributed by atoms with Crippen molar-refractivity contribution in [1.82, 2.24) is 0 Å². The van der Waals surface area contributed by atoms with Crippen molar-refractivity contribution < 1.29 is 50.4 Å². The van der Waals surface area contributed by atoms with Crippen LogP contribution in [0.2, 0.25) is 0 Å². The summed E-state index contributed by atoms with van der Waals surface area (Å²) in [5.41, 5.74) is -3.15. The lowest BCUT2D eigenvalue weighted by Crippen LogP contribution is -2.51. The van der Waals surface area contributed by atoms with E-state index < -0.39 is 77.7 Å². The van der Waals surface area contributed by atoms with Crippen LogP contribution in [0.3, 0.4) is 0 Å². The number of hydrogen-bond acceptors (Lipinski definition) is 12. The molecule has 0 aliphatic rings. The van der Waals surface area contributed by atoms with E-state index in [-0.39, 0.29) is 0 Å². The highest BCUT2D eigenvalue weighted by Crippen LogP contribution is 2.42. The fourth-order valence-electron chi connectivity index (χ4n) is 1.73. The molecule has 0 saturated heterocycles. The average Bonchev–Trinajstić information content (AvgIpc) is 2.44. The zero-order chi connectivity index (χ0) is 22.7. The molecular weight excluding hydrogens is 464 g/mol. The van der Waals surface area contributed by atoms with Gasteiger partial charge >= 0.3 is 0 Å². The van der Waals surface area contributed by atoms with Crippen molar-refractivity contribution in [2.24, 2.45) is 10.8 Å². The average molecular weight is 491 g/mol. The molecule has 0 N–H and O–H groups in total. The van der Waals surface area contributed by atoms with Gasteiger partial charge in [-0.1, -0.05) is 13.8 Å². The third-order valence-corrected chi connectivity index (χ3v) is 6.01. The van der Waals surface area contributed by atoms with Crippen LogP contribution in [0.25, 0.3) is 0 Å². The second kappa shape index (κ2) is 9.20. The van der Waals surface area contributed by atoms with E-state index in [4.69, 9.17) is 16.7 Å². The van der Waals surface area contributed by atoms with Gasteiger partial charge in [-0.2, -0.15) is 33.7 Å². The van der Waals surface area contributed by atoms with Gasteiger partial charge in [0.2, 0.25) is 0 Å². The molecule has 0 aromatic rings. The van der Waals surface area contributed by atoms with Crippen LogP contribution in [0.4, 0.5) is 0 Å². The Bertz CT molecular complexity index is 792. The van der Waals surface area contributed by atoms with Crippen LogP contribution in [0, 0.1) is 10.8 Å². The standard InChI is InChI=1S/C12H26O12S4/c1-11(7-21-25(3,13)14,8-22-26(4,15)16)12(2,9-23-27(5,17)18)10-24-28(6,19)20/h7-10H2,1-6H3. The summed E-state index contributed by atoms with van der Waals surface area (Å²) in [7, 11) is -15.9. The van der Waals surface area contributed by atoms with E-state index in [2.05, 4.69) is 0 Å². The maximum atomic E-state index is 11.4. The molecule has 0 rings (SSSR count). The fraction of sp³-hybridized carbons (Fsp3) is 1.00. The molecule has 0 bridgehead atoms. The van der Waals surface area contributed by atoms with Gasteiger partial charge in [0.1, 0.15) is 0 Å². The zero-order valence-corrected chi connectivity index (χ0v) is 19.6. The van der Waals surface area contributed by atoms with Crippen LogP contribution in [-0.2, 0) is 57.2 Å². The Labute approximate surface area is 167 Å². The van der Waals surface area contributed by atoms with Crippen molar-refractivity contribution >= 4 is 40.5 Å². The highest BCUT2D eigenvalue weighted by Gasteiger charge is 2.48. The van der Waals surface area contributed by atoms with E-state index in [1.807, 2.05) is 0 Å². The molecule has 0 unspecified atom stereocenters. The summed E-state index contributed by atoms with van der Waals surface area (Å²) >= 11 is 0. The van der Waals surface area contributed by atoms with Gasteiger partial charge in [-0.25, -0.2) is 0 Å². The summed E-state index contributed by atoms with van der Waals surface area (Å²) in [6, 6.07) is 0. The fourth-order valence-corrected chi connectivity index (χ4v) is 3.63. The molecule has 0 heterocycles. The van der Waals surface area contributed by atoms with Crippen LogP contribution in [0.1, 0.15) is 13.8 Å². The Morgan fingerprint density at radius 3 is 0.714 bits per heavy atom. The summed E-state index contributed by atoms with van der Waals surface area (Å²) in [4.78, 5) is 0. The number of hydrogen-bond donors (Lipinski definition) is 0. The van der Waals surface area contributed by atoms with Gasteiger partial charge in [0.05, 0.1) is 51.5 Å². The van der Waals surface area contributed by atoms with Crippen molar-refractivity contribution in [2.45, 2.75) is 13.8 Å². The summed E-state index contributed by atoms with van der Waals surface area (Å²) in [5.74, 6) is 0. The van der Waals surface area contributed by atoms with Gasteiger partial charge in [0, 0.05) is 10.8 Å². The molecule has 0 aromatic carbocycles.